The predicted molar refractivity (Wildman–Crippen MR) is 142 cm³/mol. The lowest BCUT2D eigenvalue weighted by molar-refractivity contribution is 0.0694. The van der Waals surface area contributed by atoms with Gasteiger partial charge in [-0.2, -0.15) is 5.10 Å². The summed E-state index contributed by atoms with van der Waals surface area (Å²) in [5.41, 5.74) is 3.97. The first-order valence-corrected chi connectivity index (χ1v) is 11.8. The number of nitrogens with one attached hydrogen (secondary N) is 2. The normalized spacial score (nSPS) is 10.7. The van der Waals surface area contributed by atoms with Gasteiger partial charge in [0.1, 0.15) is 0 Å². The molecule has 2 N–H and O–H groups in total. The van der Waals surface area contributed by atoms with Gasteiger partial charge in [-0.3, -0.25) is 9.59 Å². The molecule has 0 fully saturated rings. The Kier molecular flexibility index (Phi) is 8.53. The van der Waals surface area contributed by atoms with Gasteiger partial charge in [-0.1, -0.05) is 23.7 Å². The Hall–Kier alpha value is -4.89. The van der Waals surface area contributed by atoms with E-state index in [1.54, 1.807) is 79.7 Å². The molecule has 0 bridgehead atoms. The maximum atomic E-state index is 12.8. The summed E-state index contributed by atoms with van der Waals surface area (Å²) in [6, 6.07) is 20.8. The highest BCUT2D eigenvalue weighted by Gasteiger charge is 2.16. The highest BCUT2D eigenvalue weighted by Crippen LogP contribution is 2.29. The van der Waals surface area contributed by atoms with Crippen molar-refractivity contribution >= 4 is 41.3 Å². The zero-order valence-corrected chi connectivity index (χ0v) is 20.9. The summed E-state index contributed by atoms with van der Waals surface area (Å²) in [6.45, 7) is 2.13. The smallest absolute Gasteiger partial charge is 0.379 e. The van der Waals surface area contributed by atoms with Crippen LogP contribution in [0.25, 0.3) is 0 Å². The Bertz CT molecular complexity index is 1470. The molecule has 4 aromatic rings. The number of carbonyl (C=O) groups is 3. The Labute approximate surface area is 223 Å². The minimum absolute atomic E-state index is 0.0606. The van der Waals surface area contributed by atoms with E-state index < -0.39 is 11.9 Å². The van der Waals surface area contributed by atoms with Crippen LogP contribution in [-0.2, 0) is 0 Å². The summed E-state index contributed by atoms with van der Waals surface area (Å²) >= 11 is 5.88. The molecule has 2 amide bonds. The van der Waals surface area contributed by atoms with E-state index in [2.05, 4.69) is 15.8 Å². The van der Waals surface area contributed by atoms with E-state index in [0.717, 1.165) is 0 Å². The van der Waals surface area contributed by atoms with Crippen LogP contribution in [0.1, 0.15) is 43.8 Å². The van der Waals surface area contributed by atoms with Crippen LogP contribution in [0.2, 0.25) is 5.02 Å². The maximum absolute atomic E-state index is 12.8. The van der Waals surface area contributed by atoms with Gasteiger partial charge in [0.05, 0.1) is 30.3 Å². The number of furan rings is 1. The average molecular weight is 532 g/mol. The quantitative estimate of drug-likeness (QED) is 0.126. The van der Waals surface area contributed by atoms with Gasteiger partial charge < -0.3 is 19.2 Å². The summed E-state index contributed by atoms with van der Waals surface area (Å²) < 4.78 is 16.0. The van der Waals surface area contributed by atoms with Crippen molar-refractivity contribution in [3.05, 3.63) is 113 Å². The molecule has 4 rings (SSSR count). The summed E-state index contributed by atoms with van der Waals surface area (Å²) in [5.74, 6) is -0.987. The molecule has 0 atom stereocenters. The van der Waals surface area contributed by atoms with Crippen molar-refractivity contribution < 1.29 is 28.3 Å². The number of hydrazone groups is 1. The fourth-order valence-electron chi connectivity index (χ4n) is 3.31. The molecule has 0 radical (unpaired) electrons. The summed E-state index contributed by atoms with van der Waals surface area (Å²) in [7, 11) is 0. The Balaban J connectivity index is 1.43. The third-order valence-electron chi connectivity index (χ3n) is 5.10. The standard InChI is InChI=1S/C28H22ClN3O6/c1-2-36-25-16-18(9-14-23(25)38-28(35)24-8-5-15-37-24)17-30-32-27(34)21-6-3-4-7-22(21)31-26(33)19-10-12-20(29)13-11-19/h3-17H,2H2,1H3,(H,31,33)(H,32,34)/b30-17-. The fraction of sp³-hybridized carbons (Fsp3) is 0.0714. The van der Waals surface area contributed by atoms with Crippen molar-refractivity contribution in [1.29, 1.82) is 0 Å². The molecule has 192 valence electrons. The number of benzene rings is 3. The number of ether oxygens (including phenoxy) is 2. The number of nitrogens with zero attached hydrogens (tertiary/aromatic N) is 1. The third-order valence-corrected chi connectivity index (χ3v) is 5.35. The monoisotopic (exact) mass is 531 g/mol. The number of hydrogen-bond donors (Lipinski definition) is 2. The molecule has 10 heteroatoms. The number of hydrogen-bond acceptors (Lipinski definition) is 7. The molecule has 0 saturated heterocycles. The largest absolute Gasteiger partial charge is 0.490 e. The van der Waals surface area contributed by atoms with Gasteiger partial charge in [-0.25, -0.2) is 10.2 Å². The zero-order valence-electron chi connectivity index (χ0n) is 20.1. The Morgan fingerprint density at radius 1 is 0.947 bits per heavy atom. The topological polar surface area (TPSA) is 119 Å². The molecule has 0 saturated carbocycles. The van der Waals surface area contributed by atoms with Crippen LogP contribution in [0, 0.1) is 0 Å². The van der Waals surface area contributed by atoms with Gasteiger partial charge in [-0.15, -0.1) is 0 Å². The number of esters is 1. The minimum atomic E-state index is -0.661. The summed E-state index contributed by atoms with van der Waals surface area (Å²) in [5, 5.41) is 7.25. The van der Waals surface area contributed by atoms with Crippen LogP contribution >= 0.6 is 11.6 Å². The molecular weight excluding hydrogens is 510 g/mol. The van der Waals surface area contributed by atoms with Crippen LogP contribution in [0.15, 0.2) is 94.6 Å². The van der Waals surface area contributed by atoms with E-state index in [1.807, 2.05) is 0 Å². The van der Waals surface area contributed by atoms with Crippen molar-refractivity contribution in [2.24, 2.45) is 5.10 Å². The van der Waals surface area contributed by atoms with E-state index >= 15 is 0 Å². The lowest BCUT2D eigenvalue weighted by Crippen LogP contribution is -2.21. The van der Waals surface area contributed by atoms with Crippen LogP contribution < -0.4 is 20.2 Å². The number of para-hydroxylation sites is 1. The van der Waals surface area contributed by atoms with Crippen molar-refractivity contribution in [3.63, 3.8) is 0 Å². The van der Waals surface area contributed by atoms with Crippen LogP contribution in [0.3, 0.4) is 0 Å². The first kappa shape index (κ1) is 26.2. The zero-order chi connectivity index (χ0) is 26.9. The van der Waals surface area contributed by atoms with Gasteiger partial charge in [0.15, 0.2) is 11.5 Å². The fourth-order valence-corrected chi connectivity index (χ4v) is 3.44. The number of rotatable bonds is 9. The second-order valence-electron chi connectivity index (χ2n) is 7.71. The molecule has 3 aromatic carbocycles. The van der Waals surface area contributed by atoms with Crippen molar-refractivity contribution in [2.75, 3.05) is 11.9 Å². The lowest BCUT2D eigenvalue weighted by Gasteiger charge is -2.11. The second-order valence-corrected chi connectivity index (χ2v) is 8.15. The molecule has 0 unspecified atom stereocenters. The van der Waals surface area contributed by atoms with Gasteiger partial charge >= 0.3 is 5.97 Å². The average Bonchev–Trinajstić information content (AvgIpc) is 3.46. The van der Waals surface area contributed by atoms with E-state index in [9.17, 15) is 14.4 Å². The van der Waals surface area contributed by atoms with E-state index in [1.165, 1.54) is 18.5 Å². The van der Waals surface area contributed by atoms with E-state index in [4.69, 9.17) is 25.5 Å². The number of anilines is 1. The predicted octanol–water partition coefficient (Wildman–Crippen LogP) is 5.57. The van der Waals surface area contributed by atoms with Crippen molar-refractivity contribution in [2.45, 2.75) is 6.92 Å². The van der Waals surface area contributed by atoms with Gasteiger partial charge in [0.25, 0.3) is 11.8 Å². The Morgan fingerprint density at radius 3 is 2.47 bits per heavy atom. The highest BCUT2D eigenvalue weighted by atomic mass is 35.5. The second kappa shape index (κ2) is 12.4. The van der Waals surface area contributed by atoms with Crippen molar-refractivity contribution in [1.82, 2.24) is 5.43 Å². The third kappa shape index (κ3) is 6.65. The SMILES string of the molecule is CCOc1cc(/C=N\NC(=O)c2ccccc2NC(=O)c2ccc(Cl)cc2)ccc1OC(=O)c1ccco1. The van der Waals surface area contributed by atoms with Crippen LogP contribution in [0.5, 0.6) is 11.5 Å². The molecule has 1 aromatic heterocycles. The number of carbonyl (C=O) groups excluding carboxylic acids is 3. The molecule has 9 nitrogen and oxygen atoms in total. The van der Waals surface area contributed by atoms with Crippen LogP contribution in [0.4, 0.5) is 5.69 Å². The molecule has 38 heavy (non-hydrogen) atoms. The number of halogens is 1. The molecule has 1 heterocycles. The summed E-state index contributed by atoms with van der Waals surface area (Å²) in [4.78, 5) is 37.6. The molecule has 0 spiro atoms. The van der Waals surface area contributed by atoms with Gasteiger partial charge in [0.2, 0.25) is 5.76 Å². The van der Waals surface area contributed by atoms with Crippen molar-refractivity contribution in [3.8, 4) is 11.5 Å². The molecule has 0 aliphatic heterocycles. The first-order valence-electron chi connectivity index (χ1n) is 11.5. The molecule has 0 aliphatic carbocycles. The minimum Gasteiger partial charge on any atom is -0.490 e. The van der Waals surface area contributed by atoms with Crippen LogP contribution in [-0.4, -0.2) is 30.6 Å². The number of amides is 2. The Morgan fingerprint density at radius 2 is 1.74 bits per heavy atom. The van der Waals surface area contributed by atoms with E-state index in [0.29, 0.717) is 34.2 Å². The maximum Gasteiger partial charge on any atom is 0.379 e. The molecular formula is C28H22ClN3O6. The van der Waals surface area contributed by atoms with E-state index in [-0.39, 0.29) is 23.0 Å². The lowest BCUT2D eigenvalue weighted by atomic mass is 10.1. The van der Waals surface area contributed by atoms with Gasteiger partial charge in [0, 0.05) is 10.6 Å². The summed E-state index contributed by atoms with van der Waals surface area (Å²) in [6.07, 6.45) is 2.79. The highest BCUT2D eigenvalue weighted by molar-refractivity contribution is 6.30. The molecule has 0 aliphatic rings. The first-order chi connectivity index (χ1) is 18.4. The van der Waals surface area contributed by atoms with Gasteiger partial charge in [-0.05, 0) is 79.2 Å².